The Hall–Kier alpha value is -4.49. The summed E-state index contributed by atoms with van der Waals surface area (Å²) in [5, 5.41) is -1.30. The highest BCUT2D eigenvalue weighted by atomic mass is 31.2. The minimum atomic E-state index is -3.47. The number of nitrogens with zero attached hydrogens (tertiary/aromatic N) is 1. The van der Waals surface area contributed by atoms with Gasteiger partial charge in [-0.1, -0.05) is 196 Å². The van der Waals surface area contributed by atoms with Crippen LogP contribution in [0.3, 0.4) is 0 Å². The fourth-order valence-corrected chi connectivity index (χ4v) is 14.0. The van der Waals surface area contributed by atoms with E-state index in [2.05, 4.69) is 201 Å². The van der Waals surface area contributed by atoms with Crippen LogP contribution in [0.25, 0.3) is 0 Å². The van der Waals surface area contributed by atoms with Gasteiger partial charge in [-0.05, 0) is 71.9 Å². The standard InChI is InChI=1S/C48H52NOP/c1-3-49(4-2)51(50,47(35-41-23-11-5-12-24-41,36-42-25-13-6-14-26-42)37-43-27-15-7-16-28-43)48(38-44-29-17-8-18-30-44,39-45-31-19-9-20-32-45)40-46-33-21-10-22-34-46/h5-34H,3-4,35-40H2,1-2H3. The Kier molecular flexibility index (Phi) is 12.2. The normalized spacial score (nSPS) is 12.2. The molecule has 0 unspecified atom stereocenters. The largest absolute Gasteiger partial charge is 0.305 e. The zero-order valence-corrected chi connectivity index (χ0v) is 31.2. The third-order valence-corrected chi connectivity index (χ3v) is 15.6. The van der Waals surface area contributed by atoms with E-state index in [1.54, 1.807) is 0 Å². The van der Waals surface area contributed by atoms with E-state index in [1.807, 2.05) is 0 Å². The second-order valence-corrected chi connectivity index (χ2v) is 17.8. The molecule has 0 N–H and O–H groups in total. The van der Waals surface area contributed by atoms with Crippen LogP contribution >= 0.6 is 7.29 Å². The first-order valence-electron chi connectivity index (χ1n) is 18.6. The second kappa shape index (κ2) is 17.1. The van der Waals surface area contributed by atoms with Crippen molar-refractivity contribution in [3.05, 3.63) is 215 Å². The maximum absolute atomic E-state index is 18.2. The summed E-state index contributed by atoms with van der Waals surface area (Å²) in [4.78, 5) is 0. The summed E-state index contributed by atoms with van der Waals surface area (Å²) in [6.45, 7) is 5.83. The molecule has 0 aliphatic rings. The molecule has 0 atom stereocenters. The summed E-state index contributed by atoms with van der Waals surface area (Å²) in [7, 11) is -3.47. The van der Waals surface area contributed by atoms with Crippen molar-refractivity contribution in [2.24, 2.45) is 0 Å². The highest BCUT2D eigenvalue weighted by Gasteiger charge is 2.62. The van der Waals surface area contributed by atoms with Gasteiger partial charge in [0.1, 0.15) is 0 Å². The lowest BCUT2D eigenvalue weighted by molar-refractivity contribution is 0.349. The van der Waals surface area contributed by atoms with Gasteiger partial charge in [0.15, 0.2) is 7.29 Å². The van der Waals surface area contributed by atoms with Crippen molar-refractivity contribution in [2.75, 3.05) is 13.1 Å². The summed E-state index contributed by atoms with van der Waals surface area (Å²) < 4.78 is 20.6. The number of benzene rings is 6. The zero-order chi connectivity index (χ0) is 35.4. The van der Waals surface area contributed by atoms with Crippen LogP contribution in [0.1, 0.15) is 47.2 Å². The molecule has 6 rings (SSSR count). The lowest BCUT2D eigenvalue weighted by Gasteiger charge is -2.56. The Balaban J connectivity index is 1.73. The molecule has 0 saturated carbocycles. The van der Waals surface area contributed by atoms with Crippen molar-refractivity contribution in [3.63, 3.8) is 0 Å². The molecule has 0 bridgehead atoms. The summed E-state index contributed by atoms with van der Waals surface area (Å²) in [6.07, 6.45) is 4.20. The highest BCUT2D eigenvalue weighted by Crippen LogP contribution is 2.74. The Labute approximate surface area is 306 Å². The molecule has 0 heterocycles. The Bertz CT molecular complexity index is 1590. The maximum atomic E-state index is 18.2. The molecule has 51 heavy (non-hydrogen) atoms. The van der Waals surface area contributed by atoms with Gasteiger partial charge in [-0.25, -0.2) is 0 Å². The first-order chi connectivity index (χ1) is 25.0. The van der Waals surface area contributed by atoms with E-state index < -0.39 is 17.6 Å². The van der Waals surface area contributed by atoms with Crippen molar-refractivity contribution in [1.29, 1.82) is 0 Å². The number of hydrogen-bond acceptors (Lipinski definition) is 1. The SMILES string of the molecule is CCN(CC)P(=O)(C(Cc1ccccc1)(Cc1ccccc1)Cc1ccccc1)C(Cc1ccccc1)(Cc1ccccc1)Cc1ccccc1. The van der Waals surface area contributed by atoms with E-state index >= 15 is 4.57 Å². The van der Waals surface area contributed by atoms with E-state index in [1.165, 1.54) is 33.4 Å². The monoisotopic (exact) mass is 689 g/mol. The van der Waals surface area contributed by atoms with E-state index in [4.69, 9.17) is 0 Å². The molecule has 0 aromatic heterocycles. The highest BCUT2D eigenvalue weighted by molar-refractivity contribution is 7.64. The molecule has 0 saturated heterocycles. The fraction of sp³-hybridized carbons (Fsp3) is 0.250. The zero-order valence-electron chi connectivity index (χ0n) is 30.3. The minimum Gasteiger partial charge on any atom is -0.305 e. The van der Waals surface area contributed by atoms with Gasteiger partial charge in [0.2, 0.25) is 0 Å². The quantitative estimate of drug-likeness (QED) is 0.0889. The molecule has 0 aliphatic carbocycles. The van der Waals surface area contributed by atoms with Crippen molar-refractivity contribution in [1.82, 2.24) is 4.67 Å². The van der Waals surface area contributed by atoms with Crippen LogP contribution in [0.2, 0.25) is 0 Å². The minimum absolute atomic E-state index is 0.651. The third kappa shape index (κ3) is 8.36. The Morgan fingerprint density at radius 1 is 0.353 bits per heavy atom. The van der Waals surface area contributed by atoms with Gasteiger partial charge in [-0.3, -0.25) is 4.67 Å². The first-order valence-corrected chi connectivity index (χ1v) is 20.2. The average Bonchev–Trinajstić information content (AvgIpc) is 3.17. The van der Waals surface area contributed by atoms with Crippen molar-refractivity contribution in [3.8, 4) is 0 Å². The van der Waals surface area contributed by atoms with Crippen molar-refractivity contribution < 1.29 is 4.57 Å². The first kappa shape index (κ1) is 36.3. The van der Waals surface area contributed by atoms with Crippen LogP contribution in [-0.2, 0) is 43.1 Å². The van der Waals surface area contributed by atoms with Gasteiger partial charge in [0, 0.05) is 23.4 Å². The summed E-state index contributed by atoms with van der Waals surface area (Å²) in [5.41, 5.74) is 7.36. The van der Waals surface area contributed by atoms with Crippen LogP contribution < -0.4 is 0 Å². The molecule has 6 aromatic carbocycles. The predicted octanol–water partition coefficient (Wildman–Crippen LogP) is 11.5. The number of hydrogen-bond donors (Lipinski definition) is 0. The van der Waals surface area contributed by atoms with Crippen LogP contribution in [0, 0.1) is 0 Å². The molecular formula is C48H52NOP. The topological polar surface area (TPSA) is 20.3 Å². The molecule has 6 aromatic rings. The Morgan fingerprint density at radius 2 is 0.529 bits per heavy atom. The molecule has 2 nitrogen and oxygen atoms in total. The van der Waals surface area contributed by atoms with E-state index in [-0.39, 0.29) is 0 Å². The van der Waals surface area contributed by atoms with Crippen LogP contribution in [0.5, 0.6) is 0 Å². The summed E-state index contributed by atoms with van der Waals surface area (Å²) >= 11 is 0. The lowest BCUT2D eigenvalue weighted by Crippen LogP contribution is -2.54. The van der Waals surface area contributed by atoms with Gasteiger partial charge in [0.25, 0.3) is 0 Å². The molecule has 0 spiro atoms. The molecule has 0 radical (unpaired) electrons. The average molecular weight is 690 g/mol. The van der Waals surface area contributed by atoms with Crippen molar-refractivity contribution in [2.45, 2.75) is 62.7 Å². The van der Waals surface area contributed by atoms with E-state index in [9.17, 15) is 0 Å². The van der Waals surface area contributed by atoms with Gasteiger partial charge in [-0.2, -0.15) is 0 Å². The van der Waals surface area contributed by atoms with Crippen LogP contribution in [0.15, 0.2) is 182 Å². The third-order valence-electron chi connectivity index (χ3n) is 10.7. The molecule has 0 amide bonds. The maximum Gasteiger partial charge on any atom is 0.164 e. The summed E-state index contributed by atoms with van der Waals surface area (Å²) in [5.74, 6) is 0. The van der Waals surface area contributed by atoms with Gasteiger partial charge in [0.05, 0.1) is 0 Å². The molecule has 3 heteroatoms. The van der Waals surface area contributed by atoms with E-state index in [0.717, 1.165) is 0 Å². The fourth-order valence-electron chi connectivity index (χ4n) is 8.60. The Morgan fingerprint density at radius 3 is 0.686 bits per heavy atom. The number of rotatable bonds is 17. The molecular weight excluding hydrogens is 638 g/mol. The van der Waals surface area contributed by atoms with Crippen molar-refractivity contribution >= 4 is 7.29 Å². The molecule has 0 fully saturated rings. The smallest absolute Gasteiger partial charge is 0.164 e. The lowest BCUT2D eigenvalue weighted by atomic mass is 9.85. The molecule has 260 valence electrons. The van der Waals surface area contributed by atoms with Crippen LogP contribution in [-0.4, -0.2) is 28.1 Å². The van der Waals surface area contributed by atoms with Crippen LogP contribution in [0.4, 0.5) is 0 Å². The predicted molar refractivity (Wildman–Crippen MR) is 217 cm³/mol. The van der Waals surface area contributed by atoms with Gasteiger partial charge in [-0.15, -0.1) is 0 Å². The second-order valence-electron chi connectivity index (χ2n) is 14.1. The van der Waals surface area contributed by atoms with Gasteiger partial charge < -0.3 is 4.57 Å². The van der Waals surface area contributed by atoms with E-state index in [0.29, 0.717) is 51.6 Å². The van der Waals surface area contributed by atoms with Gasteiger partial charge >= 0.3 is 0 Å². The molecule has 0 aliphatic heterocycles. The summed E-state index contributed by atoms with van der Waals surface area (Å²) in [6, 6.07) is 65.1.